The Morgan fingerprint density at radius 1 is 1.44 bits per heavy atom. The minimum atomic E-state index is 0.618. The van der Waals surface area contributed by atoms with Crippen LogP contribution in [0, 0.1) is 11.3 Å². The fourth-order valence-electron chi connectivity index (χ4n) is 1.06. The van der Waals surface area contributed by atoms with Crippen molar-refractivity contribution in [2.45, 2.75) is 12.8 Å². The predicted molar refractivity (Wildman–Crippen MR) is 35.6 cm³/mol. The van der Waals surface area contributed by atoms with Gasteiger partial charge >= 0.3 is 0 Å². The van der Waals surface area contributed by atoms with Crippen molar-refractivity contribution in [3.63, 3.8) is 0 Å². The van der Waals surface area contributed by atoms with Gasteiger partial charge in [0.05, 0.1) is 0 Å². The molecule has 0 N–H and O–H groups in total. The van der Waals surface area contributed by atoms with Gasteiger partial charge in [-0.25, -0.2) is 0 Å². The number of likely N-dealkylation sites (tertiary alicyclic amines) is 1. The Hall–Kier alpha value is -0.970. The van der Waals surface area contributed by atoms with Crippen LogP contribution in [0.2, 0.25) is 0 Å². The minimum Gasteiger partial charge on any atom is -0.364 e. The van der Waals surface area contributed by atoms with Gasteiger partial charge in [0.1, 0.15) is 11.8 Å². The molecule has 0 saturated carbocycles. The van der Waals surface area contributed by atoms with E-state index >= 15 is 0 Å². The van der Waals surface area contributed by atoms with Crippen molar-refractivity contribution >= 4 is 0 Å². The quantitative estimate of drug-likeness (QED) is 0.487. The average molecular weight is 122 g/mol. The van der Waals surface area contributed by atoms with Gasteiger partial charge in [-0.3, -0.25) is 0 Å². The van der Waals surface area contributed by atoms with Crippen LogP contribution in [0.3, 0.4) is 0 Å². The Morgan fingerprint density at radius 2 is 2.00 bits per heavy atom. The number of allylic oxidation sites excluding steroid dienone is 1. The molecule has 0 atom stereocenters. The van der Waals surface area contributed by atoms with E-state index in [-0.39, 0.29) is 0 Å². The maximum Gasteiger partial charge on any atom is 0.116 e. The zero-order valence-electron chi connectivity index (χ0n) is 5.43. The molecule has 0 aliphatic carbocycles. The summed E-state index contributed by atoms with van der Waals surface area (Å²) in [5.74, 6) is 0. The molecular formula is C7H10N2. The van der Waals surface area contributed by atoms with E-state index in [1.165, 1.54) is 12.8 Å². The summed E-state index contributed by atoms with van der Waals surface area (Å²) >= 11 is 0. The van der Waals surface area contributed by atoms with Crippen molar-refractivity contribution in [3.8, 4) is 6.07 Å². The molecule has 1 fully saturated rings. The summed E-state index contributed by atoms with van der Waals surface area (Å²) in [5, 5.41) is 8.40. The Bertz CT molecular complexity index is 149. The molecule has 0 bridgehead atoms. The maximum atomic E-state index is 8.40. The van der Waals surface area contributed by atoms with Crippen LogP contribution in [0.25, 0.3) is 0 Å². The summed E-state index contributed by atoms with van der Waals surface area (Å²) in [6.07, 6.45) is 2.42. The number of rotatable bonds is 1. The lowest BCUT2D eigenvalue weighted by Gasteiger charge is -2.12. The monoisotopic (exact) mass is 122 g/mol. The first-order valence-electron chi connectivity index (χ1n) is 3.18. The third-order valence-electron chi connectivity index (χ3n) is 1.62. The van der Waals surface area contributed by atoms with Gasteiger partial charge in [0.15, 0.2) is 0 Å². The summed E-state index contributed by atoms with van der Waals surface area (Å²) < 4.78 is 0. The molecule has 0 aromatic carbocycles. The van der Waals surface area contributed by atoms with Crippen LogP contribution < -0.4 is 0 Å². The molecule has 0 aromatic heterocycles. The van der Waals surface area contributed by atoms with Crippen molar-refractivity contribution in [1.82, 2.24) is 4.90 Å². The number of nitriles is 1. The average Bonchev–Trinajstić information content (AvgIpc) is 2.37. The van der Waals surface area contributed by atoms with E-state index in [1.54, 1.807) is 0 Å². The number of nitrogens with zero attached hydrogens (tertiary/aromatic N) is 2. The van der Waals surface area contributed by atoms with Crippen LogP contribution in [0.1, 0.15) is 12.8 Å². The SMILES string of the molecule is C=C(C#N)N1CCCC1. The molecule has 0 unspecified atom stereocenters. The van der Waals surface area contributed by atoms with E-state index in [4.69, 9.17) is 5.26 Å². The largest absolute Gasteiger partial charge is 0.364 e. The summed E-state index contributed by atoms with van der Waals surface area (Å²) in [5.41, 5.74) is 0.618. The van der Waals surface area contributed by atoms with Crippen LogP contribution in [-0.4, -0.2) is 18.0 Å². The Labute approximate surface area is 55.4 Å². The lowest BCUT2D eigenvalue weighted by molar-refractivity contribution is 0.445. The fraction of sp³-hybridized carbons (Fsp3) is 0.571. The van der Waals surface area contributed by atoms with Crippen LogP contribution in [0.5, 0.6) is 0 Å². The van der Waals surface area contributed by atoms with Crippen LogP contribution in [0.4, 0.5) is 0 Å². The van der Waals surface area contributed by atoms with Crippen molar-refractivity contribution in [2.24, 2.45) is 0 Å². The fourth-order valence-corrected chi connectivity index (χ4v) is 1.06. The van der Waals surface area contributed by atoms with Crippen molar-refractivity contribution < 1.29 is 0 Å². The number of hydrogen-bond donors (Lipinski definition) is 0. The van der Waals surface area contributed by atoms with Crippen LogP contribution in [-0.2, 0) is 0 Å². The van der Waals surface area contributed by atoms with E-state index in [1.807, 2.05) is 11.0 Å². The van der Waals surface area contributed by atoms with Gasteiger partial charge in [0.25, 0.3) is 0 Å². The summed E-state index contributed by atoms with van der Waals surface area (Å²) in [7, 11) is 0. The molecule has 1 saturated heterocycles. The molecule has 1 aliphatic heterocycles. The first-order valence-corrected chi connectivity index (χ1v) is 3.18. The molecule has 1 heterocycles. The zero-order valence-corrected chi connectivity index (χ0v) is 5.43. The summed E-state index contributed by atoms with van der Waals surface area (Å²) in [6, 6.07) is 2.04. The zero-order chi connectivity index (χ0) is 6.69. The number of hydrogen-bond acceptors (Lipinski definition) is 2. The van der Waals surface area contributed by atoms with Crippen LogP contribution in [0.15, 0.2) is 12.3 Å². The smallest absolute Gasteiger partial charge is 0.116 e. The highest BCUT2D eigenvalue weighted by molar-refractivity contribution is 5.15. The molecule has 9 heavy (non-hydrogen) atoms. The standard InChI is InChI=1S/C7H10N2/c1-7(6-8)9-4-2-3-5-9/h1-5H2. The van der Waals surface area contributed by atoms with Gasteiger partial charge in [-0.15, -0.1) is 0 Å². The first-order chi connectivity index (χ1) is 4.34. The second-order valence-electron chi connectivity index (χ2n) is 2.25. The second kappa shape index (κ2) is 2.54. The summed E-state index contributed by atoms with van der Waals surface area (Å²) in [4.78, 5) is 2.03. The molecule has 1 rings (SSSR count). The maximum absolute atomic E-state index is 8.40. The Morgan fingerprint density at radius 3 is 2.44 bits per heavy atom. The lowest BCUT2D eigenvalue weighted by atomic mass is 10.4. The summed E-state index contributed by atoms with van der Waals surface area (Å²) in [6.45, 7) is 5.66. The molecule has 0 aromatic rings. The van der Waals surface area contributed by atoms with Gasteiger partial charge in [0, 0.05) is 13.1 Å². The predicted octanol–water partition coefficient (Wildman–Crippen LogP) is 1.12. The molecule has 0 spiro atoms. The normalized spacial score (nSPS) is 17.4. The molecule has 48 valence electrons. The third kappa shape index (κ3) is 1.23. The van der Waals surface area contributed by atoms with E-state index in [0.717, 1.165) is 13.1 Å². The van der Waals surface area contributed by atoms with Gasteiger partial charge in [-0.05, 0) is 12.8 Å². The van der Waals surface area contributed by atoms with E-state index in [9.17, 15) is 0 Å². The molecule has 2 heteroatoms. The third-order valence-corrected chi connectivity index (χ3v) is 1.62. The minimum absolute atomic E-state index is 0.618. The van der Waals surface area contributed by atoms with Gasteiger partial charge in [-0.1, -0.05) is 6.58 Å². The van der Waals surface area contributed by atoms with E-state index < -0.39 is 0 Å². The molecular weight excluding hydrogens is 112 g/mol. The second-order valence-corrected chi connectivity index (χ2v) is 2.25. The van der Waals surface area contributed by atoms with Crippen molar-refractivity contribution in [3.05, 3.63) is 12.3 Å². The molecule has 0 radical (unpaired) electrons. The van der Waals surface area contributed by atoms with Crippen molar-refractivity contribution in [1.29, 1.82) is 5.26 Å². The lowest BCUT2D eigenvalue weighted by Crippen LogP contribution is -2.16. The molecule has 0 amide bonds. The van der Waals surface area contributed by atoms with E-state index in [0.29, 0.717) is 5.70 Å². The first kappa shape index (κ1) is 6.15. The van der Waals surface area contributed by atoms with Gasteiger partial charge in [-0.2, -0.15) is 5.26 Å². The Balaban J connectivity index is 2.44. The van der Waals surface area contributed by atoms with E-state index in [2.05, 4.69) is 6.58 Å². The highest BCUT2D eigenvalue weighted by atomic mass is 15.1. The highest BCUT2D eigenvalue weighted by Crippen LogP contribution is 2.11. The van der Waals surface area contributed by atoms with Gasteiger partial charge in [0.2, 0.25) is 0 Å². The molecule has 2 nitrogen and oxygen atoms in total. The Kier molecular flexibility index (Phi) is 1.74. The highest BCUT2D eigenvalue weighted by Gasteiger charge is 2.11. The van der Waals surface area contributed by atoms with Gasteiger partial charge < -0.3 is 4.90 Å². The van der Waals surface area contributed by atoms with Crippen LogP contribution >= 0.6 is 0 Å². The topological polar surface area (TPSA) is 27.0 Å². The molecule has 1 aliphatic rings. The van der Waals surface area contributed by atoms with Crippen molar-refractivity contribution in [2.75, 3.05) is 13.1 Å².